The van der Waals surface area contributed by atoms with Crippen LogP contribution in [0, 0.1) is 23.7 Å². The predicted molar refractivity (Wildman–Crippen MR) is 281 cm³/mol. The lowest BCUT2D eigenvalue weighted by atomic mass is 9.99. The lowest BCUT2D eigenvalue weighted by molar-refractivity contribution is -0.123. The lowest BCUT2D eigenvalue weighted by Crippen LogP contribution is -2.33. The molecule has 4 heterocycles. The number of carbonyl (C=O) groups is 4. The molecule has 0 aromatic carbocycles. The third-order valence-electron chi connectivity index (χ3n) is 12.4. The van der Waals surface area contributed by atoms with E-state index in [-0.39, 0.29) is 36.9 Å². The summed E-state index contributed by atoms with van der Waals surface area (Å²) in [5.74, 6) is -0.0490. The summed E-state index contributed by atoms with van der Waals surface area (Å²) in [5, 5.41) is 0. The van der Waals surface area contributed by atoms with E-state index in [1.54, 1.807) is 21.9 Å². The number of ether oxygens (including phenoxy) is 2. The number of amides is 2. The van der Waals surface area contributed by atoms with E-state index in [1.165, 1.54) is 46.2 Å². The zero-order valence-corrected chi connectivity index (χ0v) is 44.5. The molecule has 14 heteroatoms. The van der Waals surface area contributed by atoms with Gasteiger partial charge in [-0.05, 0) is 73.6 Å². The van der Waals surface area contributed by atoms with E-state index in [0.717, 1.165) is 103 Å². The van der Waals surface area contributed by atoms with Crippen molar-refractivity contribution >= 4 is 115 Å². The molecule has 0 saturated carbocycles. The van der Waals surface area contributed by atoms with Crippen LogP contribution in [0.2, 0.25) is 0 Å². The maximum Gasteiger partial charge on any atom is 0.339 e. The molecule has 2 fully saturated rings. The van der Waals surface area contributed by atoms with Crippen LogP contribution in [0.3, 0.4) is 0 Å². The van der Waals surface area contributed by atoms with E-state index in [0.29, 0.717) is 74.0 Å². The van der Waals surface area contributed by atoms with Crippen molar-refractivity contribution in [1.82, 2.24) is 9.80 Å². The molecule has 0 aliphatic carbocycles. The van der Waals surface area contributed by atoms with Crippen molar-refractivity contribution in [3.8, 4) is 9.75 Å². The summed E-state index contributed by atoms with van der Waals surface area (Å²) >= 11 is 16.7. The van der Waals surface area contributed by atoms with Gasteiger partial charge in [0.25, 0.3) is 11.8 Å². The molecule has 0 N–H and O–H groups in total. The molecule has 2 saturated heterocycles. The highest BCUT2D eigenvalue weighted by Gasteiger charge is 2.36. The second-order valence-electron chi connectivity index (χ2n) is 17.2. The first-order valence-electron chi connectivity index (χ1n) is 24.0. The predicted octanol–water partition coefficient (Wildman–Crippen LogP) is 15.1. The van der Waals surface area contributed by atoms with E-state index in [9.17, 15) is 19.2 Å². The average Bonchev–Trinajstić information content (AvgIpc) is 4.04. The van der Waals surface area contributed by atoms with Gasteiger partial charge >= 0.3 is 11.9 Å². The van der Waals surface area contributed by atoms with Gasteiger partial charge in [0.05, 0.1) is 43.9 Å². The second kappa shape index (κ2) is 28.1. The fourth-order valence-electron chi connectivity index (χ4n) is 7.87. The van der Waals surface area contributed by atoms with E-state index < -0.39 is 11.9 Å². The van der Waals surface area contributed by atoms with Crippen LogP contribution < -0.4 is 0 Å². The molecule has 4 unspecified atom stereocenters. The summed E-state index contributed by atoms with van der Waals surface area (Å²) < 4.78 is 13.2. The number of esters is 2. The van der Waals surface area contributed by atoms with Gasteiger partial charge in [0.2, 0.25) is 0 Å². The Morgan fingerprint density at radius 1 is 0.562 bits per heavy atom. The van der Waals surface area contributed by atoms with E-state index >= 15 is 0 Å². The van der Waals surface area contributed by atoms with E-state index in [1.807, 2.05) is 12.2 Å². The molecule has 0 radical (unpaired) electrons. The maximum atomic E-state index is 14.3. The first kappa shape index (κ1) is 54.2. The number of thioether (sulfide) groups is 2. The SMILES string of the molecule is CCCCC(CC)COC(=O)c1cc(/C=C2\SC(=S)N(CC(CC)CCCC)C2=O)sc1-c1sc(/C=C2\SC(=S)N(CC(CC)CCCC)C2=O)cc1C(=O)OCC(CC)CCCC. The molecule has 2 aromatic heterocycles. The number of thiocarbonyl (C=S) groups is 2. The van der Waals surface area contributed by atoms with Gasteiger partial charge in [-0.1, -0.05) is 180 Å². The summed E-state index contributed by atoms with van der Waals surface area (Å²) in [7, 11) is 0. The molecular weight excluding hydrogens is 917 g/mol. The molecule has 2 aromatic rings. The summed E-state index contributed by atoms with van der Waals surface area (Å²) in [5.41, 5.74) is 0.645. The number of carbonyl (C=O) groups excluding carboxylic acids is 4. The molecule has 2 aliphatic rings. The maximum absolute atomic E-state index is 14.3. The molecule has 64 heavy (non-hydrogen) atoms. The van der Waals surface area contributed by atoms with Crippen LogP contribution in [0.25, 0.3) is 21.9 Å². The van der Waals surface area contributed by atoms with Crippen LogP contribution in [0.15, 0.2) is 21.9 Å². The van der Waals surface area contributed by atoms with Gasteiger partial charge in [-0.25, -0.2) is 9.59 Å². The van der Waals surface area contributed by atoms with E-state index in [4.69, 9.17) is 33.9 Å². The zero-order valence-electron chi connectivity index (χ0n) is 39.6. The highest BCUT2D eigenvalue weighted by molar-refractivity contribution is 8.27. The monoisotopic (exact) mass is 988 g/mol. The van der Waals surface area contributed by atoms with Gasteiger partial charge < -0.3 is 9.47 Å². The van der Waals surface area contributed by atoms with Crippen molar-refractivity contribution in [2.45, 2.75) is 158 Å². The molecule has 4 rings (SSSR count). The Bertz CT molecular complexity index is 1830. The largest absolute Gasteiger partial charge is 0.462 e. The van der Waals surface area contributed by atoms with E-state index in [2.05, 4.69) is 55.4 Å². The van der Waals surface area contributed by atoms with Crippen molar-refractivity contribution in [3.63, 3.8) is 0 Å². The van der Waals surface area contributed by atoms with Gasteiger partial charge in [0, 0.05) is 22.8 Å². The quantitative estimate of drug-likeness (QED) is 0.0446. The van der Waals surface area contributed by atoms with Crippen molar-refractivity contribution in [2.75, 3.05) is 26.3 Å². The number of nitrogens with zero attached hydrogens (tertiary/aromatic N) is 2. The Morgan fingerprint density at radius 2 is 0.891 bits per heavy atom. The Labute approximate surface area is 411 Å². The molecule has 354 valence electrons. The Morgan fingerprint density at radius 3 is 1.20 bits per heavy atom. The minimum Gasteiger partial charge on any atom is -0.462 e. The van der Waals surface area contributed by atoms with Gasteiger partial charge in [0.15, 0.2) is 0 Å². The minimum atomic E-state index is -0.482. The molecule has 8 nitrogen and oxygen atoms in total. The zero-order chi connectivity index (χ0) is 46.8. The standard InChI is InChI=1S/C50H72N2O6S6/c1-9-17-21-33(13-5)29-51-45(53)41(63-49(51)59)27-37-25-39(47(55)57-31-35(15-7)23-19-11-3)43(61-37)44-40(48(56)58-32-36(16-8)24-20-12-4)26-38(62-44)28-42-46(54)52(50(60)64-42)30-34(14-6)22-18-10-2/h25-28,33-36H,9-24,29-32H2,1-8H3/b41-27-,42-28-. The average molecular weight is 990 g/mol. The number of thiophene rings is 2. The third-order valence-corrected chi connectivity index (χ3v) is 17.5. The second-order valence-corrected chi connectivity index (χ2v) is 22.7. The number of hydrogen-bond donors (Lipinski definition) is 0. The van der Waals surface area contributed by atoms with Crippen LogP contribution in [0.4, 0.5) is 0 Å². The smallest absolute Gasteiger partial charge is 0.339 e. The highest BCUT2D eigenvalue weighted by Crippen LogP contribution is 2.45. The number of unbranched alkanes of at least 4 members (excludes halogenated alkanes) is 4. The molecule has 0 spiro atoms. The first-order chi connectivity index (χ1) is 30.9. The molecule has 4 atom stereocenters. The molecular formula is C50H72N2O6S6. The minimum absolute atomic E-state index is 0.130. The summed E-state index contributed by atoms with van der Waals surface area (Å²) in [6, 6.07) is 3.55. The van der Waals surface area contributed by atoms with Gasteiger partial charge in [-0.15, -0.1) is 22.7 Å². The van der Waals surface area contributed by atoms with Crippen LogP contribution in [0.5, 0.6) is 0 Å². The molecule has 0 bridgehead atoms. The van der Waals surface area contributed by atoms with Gasteiger partial charge in [-0.2, -0.15) is 0 Å². The molecule has 2 amide bonds. The van der Waals surface area contributed by atoms with Crippen molar-refractivity contribution in [3.05, 3.63) is 42.8 Å². The fourth-order valence-corrected chi connectivity index (χ4v) is 12.9. The van der Waals surface area contributed by atoms with Crippen LogP contribution >= 0.6 is 70.6 Å². The van der Waals surface area contributed by atoms with Gasteiger partial charge in [0.1, 0.15) is 8.64 Å². The van der Waals surface area contributed by atoms with Crippen molar-refractivity contribution < 1.29 is 28.7 Å². The first-order valence-corrected chi connectivity index (χ1v) is 28.1. The van der Waals surface area contributed by atoms with Crippen LogP contribution in [-0.2, 0) is 19.1 Å². The Kier molecular flexibility index (Phi) is 23.8. The Balaban J connectivity index is 1.80. The summed E-state index contributed by atoms with van der Waals surface area (Å²) in [6.45, 7) is 18.9. The fraction of sp³-hybridized carbons (Fsp3) is 0.640. The lowest BCUT2D eigenvalue weighted by Gasteiger charge is -2.21. The third kappa shape index (κ3) is 15.3. The highest BCUT2D eigenvalue weighted by atomic mass is 32.2. The van der Waals surface area contributed by atoms with Crippen LogP contribution in [-0.4, -0.2) is 68.5 Å². The van der Waals surface area contributed by atoms with Gasteiger partial charge in [-0.3, -0.25) is 19.4 Å². The Hall–Kier alpha value is -2.36. The normalized spacial score (nSPS) is 17.6. The summed E-state index contributed by atoms with van der Waals surface area (Å²) in [6.07, 6.45) is 20.0. The number of hydrogen-bond acceptors (Lipinski definition) is 12. The number of rotatable bonds is 29. The van der Waals surface area contributed by atoms with Crippen molar-refractivity contribution in [1.29, 1.82) is 0 Å². The van der Waals surface area contributed by atoms with Crippen LogP contribution in [0.1, 0.15) is 189 Å². The topological polar surface area (TPSA) is 93.2 Å². The molecule has 2 aliphatic heterocycles. The summed E-state index contributed by atoms with van der Waals surface area (Å²) in [4.78, 5) is 63.3. The van der Waals surface area contributed by atoms with Crippen molar-refractivity contribution in [2.24, 2.45) is 23.7 Å².